The van der Waals surface area contributed by atoms with Crippen LogP contribution in [0.2, 0.25) is 0 Å². The molecule has 0 N–H and O–H groups in total. The van der Waals surface area contributed by atoms with E-state index in [4.69, 9.17) is 0 Å². The minimum absolute atomic E-state index is 0.647. The fourth-order valence-corrected chi connectivity index (χ4v) is 0.830. The molecule has 1 heterocycles. The maximum absolute atomic E-state index is 12.3. The highest BCUT2D eigenvalue weighted by molar-refractivity contribution is 5.83. The Morgan fingerprint density at radius 1 is 1.36 bits per heavy atom. The van der Waals surface area contributed by atoms with Crippen molar-refractivity contribution < 1.29 is 27.4 Å². The number of hydrogen-bond donors (Lipinski definition) is 0. The fourth-order valence-electron chi connectivity index (χ4n) is 0.830. The summed E-state index contributed by atoms with van der Waals surface area (Å²) in [7, 11) is 0. The lowest BCUT2D eigenvalue weighted by atomic mass is 10.1. The molecule has 0 spiro atoms. The van der Waals surface area contributed by atoms with Crippen molar-refractivity contribution in [2.75, 3.05) is 6.61 Å². The van der Waals surface area contributed by atoms with Crippen LogP contribution >= 0.6 is 0 Å². The van der Waals surface area contributed by atoms with Gasteiger partial charge in [-0.25, -0.2) is 4.79 Å². The van der Waals surface area contributed by atoms with Gasteiger partial charge in [-0.1, -0.05) is 0 Å². The van der Waals surface area contributed by atoms with E-state index in [9.17, 15) is 18.0 Å². The molecule has 0 bridgehead atoms. The van der Waals surface area contributed by atoms with Gasteiger partial charge in [0.15, 0.2) is 0 Å². The number of hydrogen-bond acceptors (Lipinski definition) is 3. The molecule has 0 amide bonds. The molecule has 1 rings (SSSR count). The third kappa shape index (κ3) is 2.00. The van der Waals surface area contributed by atoms with Crippen molar-refractivity contribution in [3.8, 4) is 0 Å². The molecule has 1 atom stereocenters. The van der Waals surface area contributed by atoms with Gasteiger partial charge in [0.05, 0.1) is 6.61 Å². The lowest BCUT2D eigenvalue weighted by Crippen LogP contribution is -2.44. The van der Waals surface area contributed by atoms with Crippen LogP contribution in [-0.2, 0) is 14.3 Å². The van der Waals surface area contributed by atoms with Gasteiger partial charge in [0, 0.05) is 0 Å². The maximum atomic E-state index is 12.3. The molecular weight excluding hydrogens is 201 g/mol. The Kier molecular flexibility index (Phi) is 2.30. The van der Waals surface area contributed by atoms with Crippen molar-refractivity contribution in [2.24, 2.45) is 0 Å². The van der Waals surface area contributed by atoms with Gasteiger partial charge in [0.25, 0.3) is 5.60 Å². The number of carbonyl (C=O) groups excluding carboxylic acids is 1. The molecule has 0 aromatic heterocycles. The summed E-state index contributed by atoms with van der Waals surface area (Å²) in [4.78, 5) is 11.1. The summed E-state index contributed by atoms with van der Waals surface area (Å²) in [6, 6.07) is 0. The van der Waals surface area contributed by atoms with Gasteiger partial charge in [-0.3, -0.25) is 0 Å². The molecule has 0 aliphatic carbocycles. The quantitative estimate of drug-likeness (QED) is 0.490. The molecule has 1 saturated heterocycles. The Morgan fingerprint density at radius 2 is 1.79 bits per heavy atom. The van der Waals surface area contributed by atoms with Crippen molar-refractivity contribution in [1.82, 2.24) is 0 Å². The van der Waals surface area contributed by atoms with E-state index in [0.717, 1.165) is 0 Å². The van der Waals surface area contributed by atoms with Crippen LogP contribution < -0.4 is 0 Å². The molecule has 6 heteroatoms. The topological polar surface area (TPSA) is 38.8 Å². The summed E-state index contributed by atoms with van der Waals surface area (Å²) in [5.74, 6) is -1.36. The molecular formula is C8H11F3O3. The van der Waals surface area contributed by atoms with E-state index >= 15 is 0 Å². The van der Waals surface area contributed by atoms with E-state index in [-0.39, 0.29) is 0 Å². The van der Waals surface area contributed by atoms with Crippen molar-refractivity contribution >= 4 is 5.97 Å². The molecule has 0 saturated carbocycles. The van der Waals surface area contributed by atoms with Gasteiger partial charge in [-0.15, -0.1) is 0 Å². The minimum Gasteiger partial charge on any atom is -0.458 e. The average Bonchev–Trinajstić information content (AvgIpc) is 2.56. The second kappa shape index (κ2) is 2.85. The number of halogens is 3. The standard InChI is InChI=1S/C8H11F3O3/c1-6(2,3)14-5(12)7(4-13-7)8(9,10)11/h4H2,1-3H3/t7-/m1/s1. The molecule has 0 aromatic rings. The van der Waals surface area contributed by atoms with Crippen LogP contribution in [0, 0.1) is 0 Å². The van der Waals surface area contributed by atoms with E-state index in [1.54, 1.807) is 0 Å². The summed E-state index contributed by atoms with van der Waals surface area (Å²) < 4.78 is 45.7. The van der Waals surface area contributed by atoms with Crippen LogP contribution in [0.1, 0.15) is 20.8 Å². The monoisotopic (exact) mass is 212 g/mol. The Bertz CT molecular complexity index is 248. The second-order valence-corrected chi connectivity index (χ2v) is 4.12. The number of epoxide rings is 1. The Hall–Kier alpha value is -0.780. The van der Waals surface area contributed by atoms with E-state index in [2.05, 4.69) is 9.47 Å². The highest BCUT2D eigenvalue weighted by Crippen LogP contribution is 2.45. The first-order valence-corrected chi connectivity index (χ1v) is 4.03. The molecule has 1 aliphatic rings. The highest BCUT2D eigenvalue weighted by atomic mass is 19.4. The van der Waals surface area contributed by atoms with Gasteiger partial charge in [-0.2, -0.15) is 13.2 Å². The highest BCUT2D eigenvalue weighted by Gasteiger charge is 2.73. The number of carbonyl (C=O) groups is 1. The van der Waals surface area contributed by atoms with Crippen LogP contribution in [0.4, 0.5) is 13.2 Å². The van der Waals surface area contributed by atoms with E-state index < -0.39 is 30.0 Å². The first-order chi connectivity index (χ1) is 6.08. The third-order valence-electron chi connectivity index (χ3n) is 1.62. The van der Waals surface area contributed by atoms with Gasteiger partial charge in [-0.05, 0) is 20.8 Å². The summed E-state index contributed by atoms with van der Waals surface area (Å²) in [5.41, 5.74) is -3.65. The lowest BCUT2D eigenvalue weighted by Gasteiger charge is -2.23. The largest absolute Gasteiger partial charge is 0.458 e. The SMILES string of the molecule is CC(C)(C)OC(=O)[C@@]1(C(F)(F)F)CO1. The maximum Gasteiger partial charge on any atom is 0.430 e. The zero-order chi connectivity index (χ0) is 11.2. The van der Waals surface area contributed by atoms with Crippen LogP contribution in [0.25, 0.3) is 0 Å². The fraction of sp³-hybridized carbons (Fsp3) is 0.875. The molecule has 1 fully saturated rings. The summed E-state index contributed by atoms with van der Waals surface area (Å²) >= 11 is 0. The Morgan fingerprint density at radius 3 is 2.00 bits per heavy atom. The summed E-state index contributed by atoms with van der Waals surface area (Å²) in [6.45, 7) is 3.84. The molecule has 82 valence electrons. The van der Waals surface area contributed by atoms with Crippen molar-refractivity contribution in [3.63, 3.8) is 0 Å². The Balaban J connectivity index is 2.72. The molecule has 0 radical (unpaired) electrons. The predicted molar refractivity (Wildman–Crippen MR) is 40.6 cm³/mol. The number of esters is 1. The van der Waals surface area contributed by atoms with Crippen LogP contribution in [-0.4, -0.2) is 30.0 Å². The van der Waals surface area contributed by atoms with Gasteiger partial charge in [0.2, 0.25) is 0 Å². The lowest BCUT2D eigenvalue weighted by molar-refractivity contribution is -0.210. The van der Waals surface area contributed by atoms with Crippen molar-refractivity contribution in [2.45, 2.75) is 38.1 Å². The molecule has 0 unspecified atom stereocenters. The molecule has 1 aliphatic heterocycles. The van der Waals surface area contributed by atoms with Gasteiger partial charge >= 0.3 is 12.1 Å². The van der Waals surface area contributed by atoms with E-state index in [1.165, 1.54) is 20.8 Å². The number of rotatable bonds is 1. The first kappa shape index (κ1) is 11.3. The smallest absolute Gasteiger partial charge is 0.430 e. The Labute approximate surface area is 79.2 Å². The van der Waals surface area contributed by atoms with E-state index in [1.807, 2.05) is 0 Å². The van der Waals surface area contributed by atoms with Gasteiger partial charge < -0.3 is 9.47 Å². The number of ether oxygens (including phenoxy) is 2. The normalized spacial score (nSPS) is 27.3. The zero-order valence-electron chi connectivity index (χ0n) is 8.07. The molecule has 14 heavy (non-hydrogen) atoms. The van der Waals surface area contributed by atoms with Crippen molar-refractivity contribution in [1.29, 1.82) is 0 Å². The zero-order valence-corrected chi connectivity index (χ0v) is 8.07. The van der Waals surface area contributed by atoms with Crippen molar-refractivity contribution in [3.05, 3.63) is 0 Å². The van der Waals surface area contributed by atoms with E-state index in [0.29, 0.717) is 0 Å². The summed E-state index contributed by atoms with van der Waals surface area (Å²) in [5, 5.41) is 0. The number of alkyl halides is 3. The van der Waals surface area contributed by atoms with Crippen LogP contribution in [0.3, 0.4) is 0 Å². The minimum atomic E-state index is -4.70. The molecule has 3 nitrogen and oxygen atoms in total. The van der Waals surface area contributed by atoms with Crippen LogP contribution in [0.5, 0.6) is 0 Å². The molecule has 0 aromatic carbocycles. The first-order valence-electron chi connectivity index (χ1n) is 4.03. The average molecular weight is 212 g/mol. The van der Waals surface area contributed by atoms with Crippen LogP contribution in [0.15, 0.2) is 0 Å². The summed E-state index contributed by atoms with van der Waals surface area (Å²) in [6.07, 6.45) is -4.70. The van der Waals surface area contributed by atoms with Gasteiger partial charge in [0.1, 0.15) is 5.60 Å². The second-order valence-electron chi connectivity index (χ2n) is 4.12. The third-order valence-corrected chi connectivity index (χ3v) is 1.62. The predicted octanol–water partition coefficient (Wildman–Crippen LogP) is 1.66.